The first-order valence-corrected chi connectivity index (χ1v) is 9.63. The van der Waals surface area contributed by atoms with Crippen LogP contribution < -0.4 is 5.32 Å². The fourth-order valence-electron chi connectivity index (χ4n) is 2.37. The summed E-state index contributed by atoms with van der Waals surface area (Å²) in [5.41, 5.74) is 0.900. The summed E-state index contributed by atoms with van der Waals surface area (Å²) in [6.45, 7) is 1.45. The van der Waals surface area contributed by atoms with Gasteiger partial charge in [-0.05, 0) is 36.4 Å². The minimum absolute atomic E-state index is 0.106. The van der Waals surface area contributed by atoms with Gasteiger partial charge in [-0.3, -0.25) is 9.36 Å². The van der Waals surface area contributed by atoms with Gasteiger partial charge in [-0.15, -0.1) is 10.2 Å². The highest BCUT2D eigenvalue weighted by Gasteiger charge is 2.15. The maximum absolute atomic E-state index is 12.1. The third-order valence-electron chi connectivity index (χ3n) is 3.71. The molecule has 0 aliphatic heterocycles. The molecule has 3 rings (SSSR count). The van der Waals surface area contributed by atoms with E-state index in [1.807, 2.05) is 22.8 Å². The zero-order valence-electron chi connectivity index (χ0n) is 14.7. The number of ether oxygens (including phenoxy) is 1. The predicted octanol–water partition coefficient (Wildman–Crippen LogP) is 3.25. The maximum atomic E-state index is 12.1. The fraction of sp³-hybridized carbons (Fsp3) is 0.278. The zero-order chi connectivity index (χ0) is 19.1. The number of hydrogen-bond donors (Lipinski definition) is 1. The summed E-state index contributed by atoms with van der Waals surface area (Å²) in [6, 6.07) is 11.0. The van der Waals surface area contributed by atoms with E-state index in [2.05, 4.69) is 15.5 Å². The Morgan fingerprint density at radius 3 is 2.81 bits per heavy atom. The van der Waals surface area contributed by atoms with E-state index in [0.29, 0.717) is 41.5 Å². The molecule has 0 saturated heterocycles. The molecule has 0 spiro atoms. The topological polar surface area (TPSA) is 82.2 Å². The Labute approximate surface area is 166 Å². The van der Waals surface area contributed by atoms with E-state index in [4.69, 9.17) is 20.8 Å². The number of rotatable bonds is 9. The number of hydrogen-bond acceptors (Lipinski definition) is 6. The van der Waals surface area contributed by atoms with Crippen LogP contribution in [-0.2, 0) is 22.6 Å². The van der Waals surface area contributed by atoms with Crippen molar-refractivity contribution in [3.63, 3.8) is 0 Å². The van der Waals surface area contributed by atoms with Crippen LogP contribution in [0.4, 0.5) is 0 Å². The number of methoxy groups -OCH3 is 1. The molecule has 0 saturated carbocycles. The van der Waals surface area contributed by atoms with E-state index in [0.717, 1.165) is 5.56 Å². The standard InChI is InChI=1S/C18H19ClN4O3S/c1-25-10-8-23-17(13-4-6-14(19)7-5-13)21-22-18(23)27-12-16(24)20-11-15-3-2-9-26-15/h2-7,9H,8,10-12H2,1H3,(H,20,24). The minimum atomic E-state index is -0.106. The zero-order valence-corrected chi connectivity index (χ0v) is 16.3. The fourth-order valence-corrected chi connectivity index (χ4v) is 3.29. The van der Waals surface area contributed by atoms with Gasteiger partial charge in [0.25, 0.3) is 0 Å². The van der Waals surface area contributed by atoms with Gasteiger partial charge in [0, 0.05) is 17.7 Å². The van der Waals surface area contributed by atoms with Crippen molar-refractivity contribution in [2.75, 3.05) is 19.5 Å². The first-order chi connectivity index (χ1) is 13.2. The van der Waals surface area contributed by atoms with Gasteiger partial charge in [0.15, 0.2) is 11.0 Å². The van der Waals surface area contributed by atoms with Crippen molar-refractivity contribution in [1.82, 2.24) is 20.1 Å². The molecule has 0 aliphatic rings. The molecular formula is C18H19ClN4O3S. The Hall–Kier alpha value is -2.29. The summed E-state index contributed by atoms with van der Waals surface area (Å²) >= 11 is 7.29. The van der Waals surface area contributed by atoms with Gasteiger partial charge in [-0.1, -0.05) is 23.4 Å². The Kier molecular flexibility index (Phi) is 6.92. The number of thioether (sulfide) groups is 1. The average molecular weight is 407 g/mol. The van der Waals surface area contributed by atoms with Gasteiger partial charge in [-0.2, -0.15) is 0 Å². The van der Waals surface area contributed by atoms with Crippen LogP contribution in [0.5, 0.6) is 0 Å². The van der Waals surface area contributed by atoms with Crippen LogP contribution >= 0.6 is 23.4 Å². The van der Waals surface area contributed by atoms with Gasteiger partial charge in [0.05, 0.1) is 31.7 Å². The van der Waals surface area contributed by atoms with Crippen molar-refractivity contribution < 1.29 is 13.9 Å². The molecule has 0 atom stereocenters. The van der Waals surface area contributed by atoms with Crippen LogP contribution in [-0.4, -0.2) is 40.1 Å². The highest BCUT2D eigenvalue weighted by molar-refractivity contribution is 7.99. The lowest BCUT2D eigenvalue weighted by atomic mass is 10.2. The number of halogens is 1. The molecule has 0 aliphatic carbocycles. The van der Waals surface area contributed by atoms with E-state index in [1.54, 1.807) is 31.6 Å². The van der Waals surface area contributed by atoms with E-state index >= 15 is 0 Å². The third-order valence-corrected chi connectivity index (χ3v) is 4.93. The average Bonchev–Trinajstić information content (AvgIpc) is 3.33. The second kappa shape index (κ2) is 9.59. The number of amides is 1. The molecule has 0 fully saturated rings. The van der Waals surface area contributed by atoms with Crippen LogP contribution in [0.15, 0.2) is 52.2 Å². The number of aromatic nitrogens is 3. The first kappa shape index (κ1) is 19.5. The Morgan fingerprint density at radius 2 is 2.11 bits per heavy atom. The van der Waals surface area contributed by atoms with E-state index in [9.17, 15) is 4.79 Å². The van der Waals surface area contributed by atoms with Crippen LogP contribution in [0, 0.1) is 0 Å². The van der Waals surface area contributed by atoms with Gasteiger partial charge in [-0.25, -0.2) is 0 Å². The van der Waals surface area contributed by atoms with Crippen molar-refractivity contribution in [1.29, 1.82) is 0 Å². The van der Waals surface area contributed by atoms with Gasteiger partial charge in [0.1, 0.15) is 5.76 Å². The maximum Gasteiger partial charge on any atom is 0.230 e. The van der Waals surface area contributed by atoms with Crippen molar-refractivity contribution in [3.8, 4) is 11.4 Å². The minimum Gasteiger partial charge on any atom is -0.467 e. The number of nitrogens with one attached hydrogen (secondary N) is 1. The molecule has 27 heavy (non-hydrogen) atoms. The van der Waals surface area contributed by atoms with Gasteiger partial charge >= 0.3 is 0 Å². The quantitative estimate of drug-likeness (QED) is 0.549. The molecule has 2 heterocycles. The highest BCUT2D eigenvalue weighted by Crippen LogP contribution is 2.25. The Balaban J connectivity index is 1.66. The molecule has 9 heteroatoms. The molecule has 1 aromatic carbocycles. The Morgan fingerprint density at radius 1 is 1.30 bits per heavy atom. The molecule has 142 valence electrons. The van der Waals surface area contributed by atoms with Gasteiger partial charge < -0.3 is 14.5 Å². The molecule has 2 aromatic heterocycles. The highest BCUT2D eigenvalue weighted by atomic mass is 35.5. The normalized spacial score (nSPS) is 10.9. The van der Waals surface area contributed by atoms with Crippen molar-refractivity contribution in [3.05, 3.63) is 53.4 Å². The first-order valence-electron chi connectivity index (χ1n) is 8.27. The summed E-state index contributed by atoms with van der Waals surface area (Å²) in [5.74, 6) is 1.54. The van der Waals surface area contributed by atoms with Crippen molar-refractivity contribution >= 4 is 29.3 Å². The van der Waals surface area contributed by atoms with Crippen LogP contribution in [0.1, 0.15) is 5.76 Å². The molecule has 0 bridgehead atoms. The molecule has 0 unspecified atom stereocenters. The van der Waals surface area contributed by atoms with E-state index in [-0.39, 0.29) is 11.7 Å². The van der Waals surface area contributed by atoms with Crippen molar-refractivity contribution in [2.45, 2.75) is 18.2 Å². The van der Waals surface area contributed by atoms with Crippen LogP contribution in [0.3, 0.4) is 0 Å². The number of carbonyl (C=O) groups is 1. The monoisotopic (exact) mass is 406 g/mol. The number of carbonyl (C=O) groups excluding carboxylic acids is 1. The largest absolute Gasteiger partial charge is 0.467 e. The van der Waals surface area contributed by atoms with Gasteiger partial charge in [0.2, 0.25) is 5.91 Å². The summed E-state index contributed by atoms with van der Waals surface area (Å²) in [4.78, 5) is 12.1. The Bertz CT molecular complexity index is 865. The molecular weight excluding hydrogens is 388 g/mol. The lowest BCUT2D eigenvalue weighted by molar-refractivity contribution is -0.118. The van der Waals surface area contributed by atoms with Crippen LogP contribution in [0.25, 0.3) is 11.4 Å². The summed E-state index contributed by atoms with van der Waals surface area (Å²) in [7, 11) is 1.64. The number of furan rings is 1. The SMILES string of the molecule is COCCn1c(SCC(=O)NCc2ccco2)nnc1-c1ccc(Cl)cc1. The summed E-state index contributed by atoms with van der Waals surface area (Å²) in [6.07, 6.45) is 1.58. The molecule has 3 aromatic rings. The van der Waals surface area contributed by atoms with Crippen LogP contribution in [0.2, 0.25) is 5.02 Å². The van der Waals surface area contributed by atoms with E-state index < -0.39 is 0 Å². The summed E-state index contributed by atoms with van der Waals surface area (Å²) in [5, 5.41) is 12.6. The molecule has 1 N–H and O–H groups in total. The lowest BCUT2D eigenvalue weighted by Gasteiger charge is -2.10. The smallest absolute Gasteiger partial charge is 0.230 e. The second-order valence-electron chi connectivity index (χ2n) is 5.60. The third kappa shape index (κ3) is 5.35. The molecule has 7 nitrogen and oxygen atoms in total. The predicted molar refractivity (Wildman–Crippen MR) is 104 cm³/mol. The number of benzene rings is 1. The van der Waals surface area contributed by atoms with E-state index in [1.165, 1.54) is 11.8 Å². The lowest BCUT2D eigenvalue weighted by Crippen LogP contribution is -2.24. The second-order valence-corrected chi connectivity index (χ2v) is 6.98. The molecule has 0 radical (unpaired) electrons. The number of nitrogens with zero attached hydrogens (tertiary/aromatic N) is 3. The molecule has 1 amide bonds. The summed E-state index contributed by atoms with van der Waals surface area (Å²) < 4.78 is 12.3. The van der Waals surface area contributed by atoms with Crippen molar-refractivity contribution in [2.24, 2.45) is 0 Å².